The van der Waals surface area contributed by atoms with E-state index in [2.05, 4.69) is 0 Å². The maximum atomic E-state index is 5.80. The molecule has 4 N–H and O–H groups in total. The number of rotatable bonds is 27. The third-order valence-corrected chi connectivity index (χ3v) is 4.27. The van der Waals surface area contributed by atoms with Gasteiger partial charge in [0.25, 0.3) is 0 Å². The molecule has 35 heavy (non-hydrogen) atoms. The van der Waals surface area contributed by atoms with Gasteiger partial charge in [0.2, 0.25) is 0 Å². The molecule has 0 bridgehead atoms. The topological polar surface area (TPSA) is 135 Å². The first-order chi connectivity index (χ1) is 17.3. The lowest BCUT2D eigenvalue weighted by Gasteiger charge is -2.09. The maximum Gasteiger partial charge on any atom is 0.142 e. The fraction of sp³-hybridized carbons (Fsp3) is 0.750. The highest BCUT2D eigenvalue weighted by molar-refractivity contribution is 5.51. The molecule has 0 radical (unpaired) electrons. The summed E-state index contributed by atoms with van der Waals surface area (Å²) < 4.78 is 48.7. The third kappa shape index (κ3) is 21.5. The summed E-state index contributed by atoms with van der Waals surface area (Å²) >= 11 is 0. The third-order valence-electron chi connectivity index (χ3n) is 4.27. The molecule has 1 rings (SSSR count). The minimum atomic E-state index is 0.443. The molecule has 11 nitrogen and oxygen atoms in total. The molecule has 1 aromatic carbocycles. The Morgan fingerprint density at radius 2 is 0.743 bits per heavy atom. The van der Waals surface area contributed by atoms with Gasteiger partial charge < -0.3 is 54.1 Å². The van der Waals surface area contributed by atoms with Crippen LogP contribution in [0, 0.1) is 0 Å². The Bertz CT molecular complexity index is 570. The number of nitrogen functional groups attached to an aromatic ring is 1. The molecule has 0 aliphatic carbocycles. The Morgan fingerprint density at radius 3 is 1.09 bits per heavy atom. The highest BCUT2D eigenvalue weighted by atomic mass is 16.6. The van der Waals surface area contributed by atoms with Crippen molar-refractivity contribution in [2.24, 2.45) is 5.73 Å². The fourth-order valence-corrected chi connectivity index (χ4v) is 2.55. The van der Waals surface area contributed by atoms with Gasteiger partial charge in [0.1, 0.15) is 12.4 Å². The summed E-state index contributed by atoms with van der Waals surface area (Å²) in [5.41, 5.74) is 11.7. The van der Waals surface area contributed by atoms with Crippen LogP contribution in [0.5, 0.6) is 5.75 Å². The second-order valence-corrected chi connectivity index (χ2v) is 7.07. The molecule has 0 unspecified atom stereocenters. The molecule has 0 amide bonds. The van der Waals surface area contributed by atoms with E-state index in [1.165, 1.54) is 0 Å². The van der Waals surface area contributed by atoms with Crippen molar-refractivity contribution in [3.63, 3.8) is 0 Å². The van der Waals surface area contributed by atoms with Crippen LogP contribution in [-0.2, 0) is 37.9 Å². The first-order valence-electron chi connectivity index (χ1n) is 12.1. The van der Waals surface area contributed by atoms with Gasteiger partial charge in [-0.2, -0.15) is 0 Å². The zero-order valence-corrected chi connectivity index (χ0v) is 20.9. The van der Waals surface area contributed by atoms with Crippen LogP contribution in [0.15, 0.2) is 24.3 Å². The molecule has 0 fully saturated rings. The van der Waals surface area contributed by atoms with Crippen molar-refractivity contribution in [1.29, 1.82) is 0 Å². The molecule has 0 aliphatic rings. The predicted molar refractivity (Wildman–Crippen MR) is 132 cm³/mol. The highest BCUT2D eigenvalue weighted by Crippen LogP contribution is 2.19. The van der Waals surface area contributed by atoms with E-state index in [1.54, 1.807) is 6.07 Å². The van der Waals surface area contributed by atoms with E-state index in [0.29, 0.717) is 130 Å². The number of benzene rings is 1. The molecule has 0 heterocycles. The zero-order chi connectivity index (χ0) is 25.1. The van der Waals surface area contributed by atoms with Gasteiger partial charge in [-0.3, -0.25) is 0 Å². The van der Waals surface area contributed by atoms with Gasteiger partial charge in [-0.05, 0) is 12.1 Å². The van der Waals surface area contributed by atoms with Crippen LogP contribution < -0.4 is 16.2 Å². The van der Waals surface area contributed by atoms with E-state index in [1.807, 2.05) is 18.2 Å². The molecular formula is C24H44N2O9. The number of para-hydroxylation sites is 2. The standard InChI is InChI=1S/C24H44N2O9/c25-5-6-27-7-8-28-9-10-29-11-12-30-13-14-31-15-16-32-17-18-33-19-20-34-21-22-35-24-4-2-1-3-23(24)26/h1-4H,5-22,25-26H2. The van der Waals surface area contributed by atoms with Crippen LogP contribution in [0.4, 0.5) is 5.69 Å². The van der Waals surface area contributed by atoms with E-state index in [4.69, 9.17) is 54.1 Å². The molecule has 0 atom stereocenters. The average Bonchev–Trinajstić information content (AvgIpc) is 2.87. The Balaban J connectivity index is 1.66. The summed E-state index contributed by atoms with van der Waals surface area (Å²) in [7, 11) is 0. The normalized spacial score (nSPS) is 11.2. The van der Waals surface area contributed by atoms with E-state index >= 15 is 0 Å². The second kappa shape index (κ2) is 25.5. The minimum absolute atomic E-state index is 0.443. The number of hydrogen-bond acceptors (Lipinski definition) is 11. The van der Waals surface area contributed by atoms with E-state index < -0.39 is 0 Å². The van der Waals surface area contributed by atoms with Gasteiger partial charge in [0.05, 0.1) is 111 Å². The highest BCUT2D eigenvalue weighted by Gasteiger charge is 1.98. The molecule has 204 valence electrons. The van der Waals surface area contributed by atoms with Gasteiger partial charge in [0, 0.05) is 6.54 Å². The van der Waals surface area contributed by atoms with Crippen molar-refractivity contribution >= 4 is 5.69 Å². The molecule has 0 saturated carbocycles. The number of hydrogen-bond donors (Lipinski definition) is 2. The average molecular weight is 505 g/mol. The van der Waals surface area contributed by atoms with Crippen LogP contribution in [0.2, 0.25) is 0 Å². The summed E-state index contributed by atoms with van der Waals surface area (Å²) in [5, 5.41) is 0. The SMILES string of the molecule is NCCOCCOCCOCCOCCOCCOCCOCCOCCOc1ccccc1N. The molecule has 11 heteroatoms. The van der Waals surface area contributed by atoms with E-state index in [-0.39, 0.29) is 0 Å². The summed E-state index contributed by atoms with van der Waals surface area (Å²) in [5.74, 6) is 0.671. The van der Waals surface area contributed by atoms with Crippen molar-refractivity contribution < 1.29 is 42.6 Å². The van der Waals surface area contributed by atoms with Crippen LogP contribution >= 0.6 is 0 Å². The zero-order valence-electron chi connectivity index (χ0n) is 20.9. The van der Waals surface area contributed by atoms with Gasteiger partial charge in [-0.1, -0.05) is 12.1 Å². The first-order valence-corrected chi connectivity index (χ1v) is 12.1. The van der Waals surface area contributed by atoms with Crippen molar-refractivity contribution in [2.75, 3.05) is 125 Å². The van der Waals surface area contributed by atoms with Crippen molar-refractivity contribution in [2.45, 2.75) is 0 Å². The predicted octanol–water partition coefficient (Wildman–Crippen LogP) is 0.739. The van der Waals surface area contributed by atoms with Crippen molar-refractivity contribution in [3.8, 4) is 5.75 Å². The number of ether oxygens (including phenoxy) is 9. The van der Waals surface area contributed by atoms with Gasteiger partial charge in [0.15, 0.2) is 0 Å². The Morgan fingerprint density at radius 1 is 0.429 bits per heavy atom. The lowest BCUT2D eigenvalue weighted by molar-refractivity contribution is -0.0234. The molecule has 0 spiro atoms. The first kappa shape index (κ1) is 31.5. The van der Waals surface area contributed by atoms with Crippen molar-refractivity contribution in [1.82, 2.24) is 0 Å². The largest absolute Gasteiger partial charge is 0.489 e. The molecular weight excluding hydrogens is 460 g/mol. The molecule has 0 aromatic heterocycles. The van der Waals surface area contributed by atoms with Gasteiger partial charge in [-0.25, -0.2) is 0 Å². The summed E-state index contributed by atoms with van der Waals surface area (Å²) in [6, 6.07) is 7.38. The fourth-order valence-electron chi connectivity index (χ4n) is 2.55. The second-order valence-electron chi connectivity index (χ2n) is 7.07. The number of nitrogens with two attached hydrogens (primary N) is 2. The van der Waals surface area contributed by atoms with Gasteiger partial charge >= 0.3 is 0 Å². The van der Waals surface area contributed by atoms with E-state index in [0.717, 1.165) is 0 Å². The summed E-state index contributed by atoms with van der Waals surface area (Å²) in [6.07, 6.45) is 0. The van der Waals surface area contributed by atoms with Crippen LogP contribution in [0.1, 0.15) is 0 Å². The van der Waals surface area contributed by atoms with Crippen LogP contribution in [-0.4, -0.2) is 119 Å². The minimum Gasteiger partial charge on any atom is -0.489 e. The molecule has 0 aliphatic heterocycles. The number of anilines is 1. The summed E-state index contributed by atoms with van der Waals surface area (Å²) in [4.78, 5) is 0. The smallest absolute Gasteiger partial charge is 0.142 e. The quantitative estimate of drug-likeness (QED) is 0.130. The lowest BCUT2D eigenvalue weighted by atomic mass is 10.3. The Kier molecular flexibility index (Phi) is 23.0. The Hall–Kier alpha value is -1.54. The Labute approximate surface area is 209 Å². The monoisotopic (exact) mass is 504 g/mol. The summed E-state index contributed by atoms with van der Waals surface area (Å²) in [6.45, 7) is 9.32. The van der Waals surface area contributed by atoms with Crippen LogP contribution in [0.3, 0.4) is 0 Å². The molecule has 0 saturated heterocycles. The molecule has 1 aromatic rings. The van der Waals surface area contributed by atoms with Gasteiger partial charge in [-0.15, -0.1) is 0 Å². The van der Waals surface area contributed by atoms with E-state index in [9.17, 15) is 0 Å². The van der Waals surface area contributed by atoms with Crippen molar-refractivity contribution in [3.05, 3.63) is 24.3 Å². The van der Waals surface area contributed by atoms with Crippen LogP contribution in [0.25, 0.3) is 0 Å². The lowest BCUT2D eigenvalue weighted by Crippen LogP contribution is -2.15. The maximum absolute atomic E-state index is 5.80.